The van der Waals surface area contributed by atoms with Gasteiger partial charge in [-0.05, 0) is 58.1 Å². The van der Waals surface area contributed by atoms with Crippen molar-refractivity contribution in [1.29, 1.82) is 0 Å². The molecule has 0 N–H and O–H groups in total. The third-order valence-electron chi connectivity index (χ3n) is 7.53. The summed E-state index contributed by atoms with van der Waals surface area (Å²) in [7, 11) is 0. The van der Waals surface area contributed by atoms with Crippen LogP contribution in [0, 0.1) is 0 Å². The van der Waals surface area contributed by atoms with Crippen LogP contribution in [-0.4, -0.2) is 4.57 Å². The zero-order chi connectivity index (χ0) is 25.3. The highest BCUT2D eigenvalue weighted by atomic mass is 15.0. The van der Waals surface area contributed by atoms with Gasteiger partial charge in [-0.15, -0.1) is 0 Å². The first kappa shape index (κ1) is 22.3. The van der Waals surface area contributed by atoms with Gasteiger partial charge in [-0.3, -0.25) is 0 Å². The molecule has 1 aromatic heterocycles. The highest BCUT2D eigenvalue weighted by molar-refractivity contribution is 6.10. The minimum absolute atomic E-state index is 0.206. The number of nitrogens with zero attached hydrogens (tertiary/aromatic N) is 1. The summed E-state index contributed by atoms with van der Waals surface area (Å²) < 4.78 is 2.36. The summed E-state index contributed by atoms with van der Waals surface area (Å²) in [5.74, 6) is 0.206. The van der Waals surface area contributed by atoms with Crippen LogP contribution in [0.2, 0.25) is 0 Å². The maximum absolute atomic E-state index is 2.36. The van der Waals surface area contributed by atoms with Crippen molar-refractivity contribution in [2.24, 2.45) is 0 Å². The van der Waals surface area contributed by atoms with Crippen molar-refractivity contribution in [3.8, 4) is 16.8 Å². The molecular weight excluding hydrogens is 458 g/mol. The fraction of sp³-hybridized carbons (Fsp3) is 0.0270. The average Bonchev–Trinajstić information content (AvgIpc) is 3.33. The summed E-state index contributed by atoms with van der Waals surface area (Å²) in [6.07, 6.45) is 0. The molecule has 7 aromatic rings. The minimum atomic E-state index is 0.206. The lowest BCUT2D eigenvalue weighted by Crippen LogP contribution is -2.03. The summed E-state index contributed by atoms with van der Waals surface area (Å²) >= 11 is 0. The molecule has 6 aromatic carbocycles. The van der Waals surface area contributed by atoms with Crippen LogP contribution < -0.4 is 0 Å². The maximum Gasteiger partial charge on any atom is 0.0541 e. The second-order valence-electron chi connectivity index (χ2n) is 9.80. The van der Waals surface area contributed by atoms with Gasteiger partial charge in [0.1, 0.15) is 0 Å². The topological polar surface area (TPSA) is 4.93 Å². The number of hydrogen-bond donors (Lipinski definition) is 0. The van der Waals surface area contributed by atoms with Crippen LogP contribution in [0.25, 0.3) is 38.6 Å². The highest BCUT2D eigenvalue weighted by Crippen LogP contribution is 2.36. The summed E-state index contributed by atoms with van der Waals surface area (Å²) in [6.45, 7) is 0. The summed E-state index contributed by atoms with van der Waals surface area (Å²) in [4.78, 5) is 0. The molecule has 0 aliphatic heterocycles. The summed E-state index contributed by atoms with van der Waals surface area (Å²) in [6, 6.07) is 56.9. The van der Waals surface area contributed by atoms with Crippen molar-refractivity contribution in [3.05, 3.63) is 174 Å². The van der Waals surface area contributed by atoms with Crippen LogP contribution in [0.4, 0.5) is 0 Å². The molecule has 0 saturated heterocycles. The molecule has 7 rings (SSSR count). The van der Waals surface area contributed by atoms with Crippen LogP contribution in [0.1, 0.15) is 22.6 Å². The minimum Gasteiger partial charge on any atom is -0.309 e. The Hall–Kier alpha value is -4.88. The molecule has 0 fully saturated rings. The average molecular weight is 486 g/mol. The lowest BCUT2D eigenvalue weighted by atomic mass is 9.84. The molecule has 0 bridgehead atoms. The van der Waals surface area contributed by atoms with E-state index in [-0.39, 0.29) is 5.92 Å². The molecule has 0 unspecified atom stereocenters. The Morgan fingerprint density at radius 3 is 1.53 bits per heavy atom. The van der Waals surface area contributed by atoms with Gasteiger partial charge in [-0.2, -0.15) is 0 Å². The number of hydrogen-bond acceptors (Lipinski definition) is 0. The van der Waals surface area contributed by atoms with Gasteiger partial charge in [0.25, 0.3) is 0 Å². The molecule has 0 radical (unpaired) electrons. The van der Waals surface area contributed by atoms with Crippen LogP contribution in [0.3, 0.4) is 0 Å². The van der Waals surface area contributed by atoms with Crippen LogP contribution in [0.5, 0.6) is 0 Å². The number of fused-ring (bicyclic) bond motifs is 3. The fourth-order valence-electron chi connectivity index (χ4n) is 5.74. The molecule has 38 heavy (non-hydrogen) atoms. The predicted molar refractivity (Wildman–Crippen MR) is 160 cm³/mol. The van der Waals surface area contributed by atoms with E-state index in [0.717, 1.165) is 0 Å². The van der Waals surface area contributed by atoms with Gasteiger partial charge in [-0.1, -0.05) is 127 Å². The maximum atomic E-state index is 2.36. The SMILES string of the molecule is c1ccc(C(c2ccccc2)c2ccc(-c3ccc4c(c3)c3ccccc3n4-c3ccccc3)cc2)cc1. The Morgan fingerprint density at radius 2 is 0.868 bits per heavy atom. The Balaban J connectivity index is 1.32. The molecule has 1 heterocycles. The van der Waals surface area contributed by atoms with E-state index in [4.69, 9.17) is 0 Å². The smallest absolute Gasteiger partial charge is 0.0541 e. The normalized spacial score (nSPS) is 11.4. The number of para-hydroxylation sites is 2. The Kier molecular flexibility index (Phi) is 5.60. The van der Waals surface area contributed by atoms with E-state index in [1.807, 2.05) is 0 Å². The van der Waals surface area contributed by atoms with E-state index in [1.54, 1.807) is 0 Å². The first-order valence-corrected chi connectivity index (χ1v) is 13.2. The van der Waals surface area contributed by atoms with Gasteiger partial charge in [0.2, 0.25) is 0 Å². The van der Waals surface area contributed by atoms with Crippen LogP contribution in [-0.2, 0) is 0 Å². The Labute approximate surface area is 223 Å². The second-order valence-corrected chi connectivity index (χ2v) is 9.80. The van der Waals surface area contributed by atoms with Crippen molar-refractivity contribution in [1.82, 2.24) is 4.57 Å². The molecule has 0 atom stereocenters. The first-order valence-electron chi connectivity index (χ1n) is 13.2. The molecule has 1 nitrogen and oxygen atoms in total. The molecule has 180 valence electrons. The van der Waals surface area contributed by atoms with E-state index in [9.17, 15) is 0 Å². The van der Waals surface area contributed by atoms with Crippen molar-refractivity contribution in [2.45, 2.75) is 5.92 Å². The second kappa shape index (κ2) is 9.53. The first-order chi connectivity index (χ1) is 18.9. The number of rotatable bonds is 5. The monoisotopic (exact) mass is 485 g/mol. The lowest BCUT2D eigenvalue weighted by molar-refractivity contribution is 0.978. The Morgan fingerprint density at radius 1 is 0.368 bits per heavy atom. The van der Waals surface area contributed by atoms with Crippen molar-refractivity contribution in [3.63, 3.8) is 0 Å². The quantitative estimate of drug-likeness (QED) is 0.214. The van der Waals surface area contributed by atoms with E-state index in [0.29, 0.717) is 0 Å². The van der Waals surface area contributed by atoms with Gasteiger partial charge in [0.05, 0.1) is 11.0 Å². The van der Waals surface area contributed by atoms with Gasteiger partial charge in [0, 0.05) is 22.4 Å². The van der Waals surface area contributed by atoms with E-state index < -0.39 is 0 Å². The summed E-state index contributed by atoms with van der Waals surface area (Å²) in [5.41, 5.74) is 10.0. The largest absolute Gasteiger partial charge is 0.309 e. The lowest BCUT2D eigenvalue weighted by Gasteiger charge is -2.19. The van der Waals surface area contributed by atoms with Crippen LogP contribution in [0.15, 0.2) is 158 Å². The third kappa shape index (κ3) is 3.90. The van der Waals surface area contributed by atoms with Gasteiger partial charge < -0.3 is 4.57 Å². The van der Waals surface area contributed by atoms with Gasteiger partial charge >= 0.3 is 0 Å². The highest BCUT2D eigenvalue weighted by Gasteiger charge is 2.17. The van der Waals surface area contributed by atoms with Gasteiger partial charge in [0.15, 0.2) is 0 Å². The molecule has 0 spiro atoms. The van der Waals surface area contributed by atoms with E-state index in [1.165, 1.54) is 55.3 Å². The molecule has 0 aliphatic carbocycles. The third-order valence-corrected chi connectivity index (χ3v) is 7.53. The van der Waals surface area contributed by atoms with Crippen molar-refractivity contribution in [2.75, 3.05) is 0 Å². The zero-order valence-electron chi connectivity index (χ0n) is 21.0. The number of benzene rings is 6. The molecule has 0 saturated carbocycles. The standard InChI is InChI=1S/C37H27N/c1-4-12-28(13-5-1)37(29-14-6-2-7-15-29)30-22-20-27(21-23-30)31-24-25-36-34(26-31)33-18-10-11-19-35(33)38(36)32-16-8-3-9-17-32/h1-26,37H. The molecular formula is C37H27N. The fourth-order valence-corrected chi connectivity index (χ4v) is 5.74. The van der Waals surface area contributed by atoms with E-state index >= 15 is 0 Å². The van der Waals surface area contributed by atoms with Crippen LogP contribution >= 0.6 is 0 Å². The number of aromatic nitrogens is 1. The van der Waals surface area contributed by atoms with Crippen molar-refractivity contribution < 1.29 is 0 Å². The van der Waals surface area contributed by atoms with Crippen molar-refractivity contribution >= 4 is 21.8 Å². The van der Waals surface area contributed by atoms with Gasteiger partial charge in [-0.25, -0.2) is 0 Å². The molecule has 0 amide bonds. The summed E-state index contributed by atoms with van der Waals surface area (Å²) in [5, 5.41) is 2.55. The zero-order valence-corrected chi connectivity index (χ0v) is 21.0. The molecule has 0 aliphatic rings. The Bertz CT molecular complexity index is 1790. The predicted octanol–water partition coefficient (Wildman–Crippen LogP) is 9.63. The van der Waals surface area contributed by atoms with E-state index in [2.05, 4.69) is 162 Å². The molecule has 1 heteroatoms.